The first kappa shape index (κ1) is 15.6. The average molecular weight is 308 g/mol. The van der Waals surface area contributed by atoms with Gasteiger partial charge in [0.15, 0.2) is 0 Å². The molecule has 1 amide bonds. The topological polar surface area (TPSA) is 58.6 Å². The molecule has 0 spiro atoms. The van der Waals surface area contributed by atoms with Gasteiger partial charge in [-0.3, -0.25) is 4.79 Å². The predicted octanol–water partition coefficient (Wildman–Crippen LogP) is 3.00. The molecule has 0 aliphatic carbocycles. The van der Waals surface area contributed by atoms with Gasteiger partial charge in [-0.15, -0.1) is 0 Å². The van der Waals surface area contributed by atoms with Crippen molar-refractivity contribution in [1.82, 2.24) is 5.32 Å². The van der Waals surface area contributed by atoms with Crippen LogP contribution in [0.25, 0.3) is 10.8 Å². The van der Waals surface area contributed by atoms with Crippen LogP contribution in [0.3, 0.4) is 0 Å². The van der Waals surface area contributed by atoms with Gasteiger partial charge >= 0.3 is 0 Å². The molecule has 0 aliphatic rings. The van der Waals surface area contributed by atoms with E-state index in [0.29, 0.717) is 21.7 Å². The normalized spacial score (nSPS) is 11.5. The molecule has 2 aromatic carbocycles. The highest BCUT2D eigenvalue weighted by molar-refractivity contribution is 6.36. The number of nitrogens with one attached hydrogen (secondary N) is 1. The SMILES string of the molecule is COc1cc(Cl)c2ccccc2c1C(=O)NC(C)(C)CO. The van der Waals surface area contributed by atoms with Crippen LogP contribution < -0.4 is 10.1 Å². The monoisotopic (exact) mass is 307 g/mol. The van der Waals surface area contributed by atoms with Crippen LogP contribution in [0.15, 0.2) is 30.3 Å². The third-order valence-corrected chi connectivity index (χ3v) is 3.56. The molecule has 112 valence electrons. The first-order valence-electron chi connectivity index (χ1n) is 6.58. The van der Waals surface area contributed by atoms with Crippen molar-refractivity contribution in [1.29, 1.82) is 0 Å². The van der Waals surface area contributed by atoms with Gasteiger partial charge in [-0.05, 0) is 19.2 Å². The highest BCUT2D eigenvalue weighted by Gasteiger charge is 2.24. The molecule has 2 aromatic rings. The summed E-state index contributed by atoms with van der Waals surface area (Å²) in [4.78, 5) is 12.6. The Bertz CT molecular complexity index is 683. The molecule has 0 saturated heterocycles. The minimum Gasteiger partial charge on any atom is -0.496 e. The number of halogens is 1. The number of aliphatic hydroxyl groups excluding tert-OH is 1. The average Bonchev–Trinajstić information content (AvgIpc) is 2.46. The minimum atomic E-state index is -0.719. The number of rotatable bonds is 4. The maximum Gasteiger partial charge on any atom is 0.256 e. The number of fused-ring (bicyclic) bond motifs is 1. The summed E-state index contributed by atoms with van der Waals surface area (Å²) in [5, 5.41) is 14.1. The molecule has 0 atom stereocenters. The number of methoxy groups -OCH3 is 1. The van der Waals surface area contributed by atoms with Crippen molar-refractivity contribution in [3.05, 3.63) is 40.9 Å². The fourth-order valence-electron chi connectivity index (χ4n) is 2.11. The molecule has 5 heteroatoms. The quantitative estimate of drug-likeness (QED) is 0.913. The van der Waals surface area contributed by atoms with E-state index in [9.17, 15) is 9.90 Å². The van der Waals surface area contributed by atoms with Crippen molar-refractivity contribution >= 4 is 28.3 Å². The van der Waals surface area contributed by atoms with Gasteiger partial charge < -0.3 is 15.2 Å². The molecule has 4 nitrogen and oxygen atoms in total. The summed E-state index contributed by atoms with van der Waals surface area (Å²) < 4.78 is 5.30. The smallest absolute Gasteiger partial charge is 0.256 e. The Labute approximate surface area is 128 Å². The summed E-state index contributed by atoms with van der Waals surface area (Å²) in [7, 11) is 1.49. The lowest BCUT2D eigenvalue weighted by atomic mass is 10.0. The Kier molecular flexibility index (Phi) is 4.40. The van der Waals surface area contributed by atoms with Gasteiger partial charge in [-0.1, -0.05) is 35.9 Å². The highest BCUT2D eigenvalue weighted by atomic mass is 35.5. The summed E-state index contributed by atoms with van der Waals surface area (Å²) in [6.07, 6.45) is 0. The van der Waals surface area contributed by atoms with Gasteiger partial charge in [0.1, 0.15) is 5.75 Å². The van der Waals surface area contributed by atoms with Crippen LogP contribution in [0.2, 0.25) is 5.02 Å². The Morgan fingerprint density at radius 3 is 2.52 bits per heavy atom. The zero-order chi connectivity index (χ0) is 15.6. The maximum atomic E-state index is 12.6. The third kappa shape index (κ3) is 3.12. The van der Waals surface area contributed by atoms with Gasteiger partial charge in [-0.2, -0.15) is 0 Å². The van der Waals surface area contributed by atoms with Crippen molar-refractivity contribution in [3.63, 3.8) is 0 Å². The fourth-order valence-corrected chi connectivity index (χ4v) is 2.38. The Hall–Kier alpha value is -1.78. The molecule has 0 bridgehead atoms. The first-order valence-corrected chi connectivity index (χ1v) is 6.96. The van der Waals surface area contributed by atoms with E-state index in [1.807, 2.05) is 24.3 Å². The number of carbonyl (C=O) groups excluding carboxylic acids is 1. The highest BCUT2D eigenvalue weighted by Crippen LogP contribution is 2.34. The molecule has 0 fully saturated rings. The number of ether oxygens (including phenoxy) is 1. The molecule has 0 heterocycles. The van der Waals surface area contributed by atoms with Crippen molar-refractivity contribution in [3.8, 4) is 5.75 Å². The van der Waals surface area contributed by atoms with E-state index in [0.717, 1.165) is 5.39 Å². The van der Waals surface area contributed by atoms with E-state index in [1.54, 1.807) is 19.9 Å². The molecule has 2 rings (SSSR count). The molecule has 0 saturated carbocycles. The Morgan fingerprint density at radius 2 is 1.95 bits per heavy atom. The van der Waals surface area contributed by atoms with E-state index in [4.69, 9.17) is 16.3 Å². The molecule has 0 radical (unpaired) electrons. The van der Waals surface area contributed by atoms with Crippen molar-refractivity contribution < 1.29 is 14.6 Å². The predicted molar refractivity (Wildman–Crippen MR) is 84.1 cm³/mol. The van der Waals surface area contributed by atoms with Gasteiger partial charge in [0, 0.05) is 11.5 Å². The van der Waals surface area contributed by atoms with E-state index in [-0.39, 0.29) is 12.5 Å². The largest absolute Gasteiger partial charge is 0.496 e. The summed E-state index contributed by atoms with van der Waals surface area (Å²) in [6.45, 7) is 3.33. The van der Waals surface area contributed by atoms with Crippen LogP contribution in [0.1, 0.15) is 24.2 Å². The number of hydrogen-bond donors (Lipinski definition) is 2. The minimum absolute atomic E-state index is 0.160. The Balaban J connectivity index is 2.61. The first-order chi connectivity index (χ1) is 9.89. The van der Waals surface area contributed by atoms with E-state index in [2.05, 4.69) is 5.32 Å². The lowest BCUT2D eigenvalue weighted by Gasteiger charge is -2.24. The van der Waals surface area contributed by atoms with E-state index >= 15 is 0 Å². The second-order valence-corrected chi connectivity index (χ2v) is 5.88. The zero-order valence-electron chi connectivity index (χ0n) is 12.2. The second kappa shape index (κ2) is 5.92. The lowest BCUT2D eigenvalue weighted by Crippen LogP contribution is -2.46. The van der Waals surface area contributed by atoms with E-state index in [1.165, 1.54) is 7.11 Å². The number of amides is 1. The number of benzene rings is 2. The summed E-state index contributed by atoms with van der Waals surface area (Å²) in [5.41, 5.74) is -0.304. The van der Waals surface area contributed by atoms with Gasteiger partial charge in [0.2, 0.25) is 0 Å². The van der Waals surface area contributed by atoms with Crippen LogP contribution in [-0.4, -0.2) is 30.3 Å². The molecule has 21 heavy (non-hydrogen) atoms. The van der Waals surface area contributed by atoms with Crippen LogP contribution in [-0.2, 0) is 0 Å². The summed E-state index contributed by atoms with van der Waals surface area (Å²) in [6, 6.07) is 9.01. The zero-order valence-corrected chi connectivity index (χ0v) is 13.0. The molecule has 0 unspecified atom stereocenters. The molecule has 0 aliphatic heterocycles. The van der Waals surface area contributed by atoms with Crippen molar-refractivity contribution in [2.75, 3.05) is 13.7 Å². The van der Waals surface area contributed by atoms with Crippen molar-refractivity contribution in [2.24, 2.45) is 0 Å². The molecular formula is C16H18ClNO3. The lowest BCUT2D eigenvalue weighted by molar-refractivity contribution is 0.0868. The molecule has 2 N–H and O–H groups in total. The second-order valence-electron chi connectivity index (χ2n) is 5.48. The molecular weight excluding hydrogens is 290 g/mol. The van der Waals surface area contributed by atoms with Crippen LogP contribution in [0.4, 0.5) is 0 Å². The fraction of sp³-hybridized carbons (Fsp3) is 0.312. The number of hydrogen-bond acceptors (Lipinski definition) is 3. The van der Waals surface area contributed by atoms with E-state index < -0.39 is 5.54 Å². The van der Waals surface area contributed by atoms with Crippen LogP contribution in [0.5, 0.6) is 5.75 Å². The van der Waals surface area contributed by atoms with Crippen LogP contribution in [0, 0.1) is 0 Å². The van der Waals surface area contributed by atoms with Crippen LogP contribution >= 0.6 is 11.6 Å². The van der Waals surface area contributed by atoms with Gasteiger partial charge in [0.25, 0.3) is 5.91 Å². The maximum absolute atomic E-state index is 12.6. The Morgan fingerprint density at radius 1 is 1.33 bits per heavy atom. The summed E-state index contributed by atoms with van der Waals surface area (Å²) >= 11 is 6.23. The number of carbonyl (C=O) groups is 1. The number of aliphatic hydroxyl groups is 1. The standard InChI is InChI=1S/C16H18ClNO3/c1-16(2,9-19)18-15(20)14-11-7-5-4-6-10(11)12(17)8-13(14)21-3/h4-8,19H,9H2,1-3H3,(H,18,20). The van der Waals surface area contributed by atoms with Crippen molar-refractivity contribution in [2.45, 2.75) is 19.4 Å². The third-order valence-electron chi connectivity index (χ3n) is 3.25. The molecule has 0 aromatic heterocycles. The van der Waals surface area contributed by atoms with Gasteiger partial charge in [0.05, 0.1) is 29.8 Å². The van der Waals surface area contributed by atoms with Gasteiger partial charge in [-0.25, -0.2) is 0 Å². The summed E-state index contributed by atoms with van der Waals surface area (Å²) in [5.74, 6) is 0.101.